The molecule has 0 radical (unpaired) electrons. The van der Waals surface area contributed by atoms with E-state index in [4.69, 9.17) is 5.11 Å². The van der Waals surface area contributed by atoms with Gasteiger partial charge in [0.1, 0.15) is 0 Å². The second-order valence-electron chi connectivity index (χ2n) is 1.01. The minimum atomic E-state index is -0.603. The third-order valence-corrected chi connectivity index (χ3v) is 0.411. The number of rotatable bonds is 2. The molecule has 4 N–H and O–H groups in total. The molecule has 0 aliphatic carbocycles. The Morgan fingerprint density at radius 1 is 1.86 bits per heavy atom. The molecular weight excluding hydrogens is 96.0 g/mol. The summed E-state index contributed by atoms with van der Waals surface area (Å²) < 4.78 is 0. The zero-order valence-corrected chi connectivity index (χ0v) is 3.85. The molecule has 0 atom stereocenters. The molecule has 0 heterocycles. The van der Waals surface area contributed by atoms with Crippen molar-refractivity contribution in [3.63, 3.8) is 0 Å². The number of nitrogens with two attached hydrogens (primary N) is 1. The van der Waals surface area contributed by atoms with Gasteiger partial charge in [0.05, 0.1) is 6.61 Å². The number of amides is 2. The fourth-order valence-electron chi connectivity index (χ4n) is 0.179. The number of carbonyl (C=O) groups is 1. The van der Waals surface area contributed by atoms with Gasteiger partial charge in [-0.15, -0.1) is 0 Å². The van der Waals surface area contributed by atoms with Gasteiger partial charge < -0.3 is 16.2 Å². The van der Waals surface area contributed by atoms with Crippen LogP contribution < -0.4 is 11.1 Å². The van der Waals surface area contributed by atoms with Gasteiger partial charge in [-0.25, -0.2) is 4.79 Å². The van der Waals surface area contributed by atoms with Gasteiger partial charge in [-0.3, -0.25) is 0 Å². The number of aliphatic hydroxyl groups excluding tert-OH is 1. The summed E-state index contributed by atoms with van der Waals surface area (Å²) in [6.07, 6.45) is 0. The van der Waals surface area contributed by atoms with E-state index in [1.54, 1.807) is 0 Å². The molecule has 4 heteroatoms. The lowest BCUT2D eigenvalue weighted by atomic mass is 10.7. The van der Waals surface area contributed by atoms with Crippen molar-refractivity contribution in [3.8, 4) is 0 Å². The summed E-state index contributed by atoms with van der Waals surface area (Å²) in [4.78, 5) is 9.76. The number of hydrogen-bond donors (Lipinski definition) is 3. The number of carbonyl (C=O) groups excluding carboxylic acids is 1. The van der Waals surface area contributed by atoms with E-state index in [-0.39, 0.29) is 13.2 Å². The highest BCUT2D eigenvalue weighted by atomic mass is 16.3. The molecule has 7 heavy (non-hydrogen) atoms. The van der Waals surface area contributed by atoms with Gasteiger partial charge in [-0.05, 0) is 0 Å². The van der Waals surface area contributed by atoms with Crippen molar-refractivity contribution in [2.24, 2.45) is 5.73 Å². The monoisotopic (exact) mass is 104 g/mol. The van der Waals surface area contributed by atoms with Gasteiger partial charge >= 0.3 is 6.03 Å². The van der Waals surface area contributed by atoms with E-state index in [1.165, 1.54) is 0 Å². The fourth-order valence-corrected chi connectivity index (χ4v) is 0.179. The van der Waals surface area contributed by atoms with Crippen LogP contribution in [-0.4, -0.2) is 24.3 Å². The fraction of sp³-hybridized carbons (Fsp3) is 0.667. The first-order chi connectivity index (χ1) is 3.27. The van der Waals surface area contributed by atoms with Crippen molar-refractivity contribution in [3.05, 3.63) is 0 Å². The first kappa shape index (κ1) is 6.23. The van der Waals surface area contributed by atoms with Gasteiger partial charge in [0.25, 0.3) is 0 Å². The molecule has 4 nitrogen and oxygen atoms in total. The minimum absolute atomic E-state index is 0.0665. The summed E-state index contributed by atoms with van der Waals surface area (Å²) >= 11 is 0. The zero-order chi connectivity index (χ0) is 5.70. The van der Waals surface area contributed by atoms with E-state index in [2.05, 4.69) is 11.1 Å². The van der Waals surface area contributed by atoms with E-state index in [0.717, 1.165) is 0 Å². The standard InChI is InChI=1S/C3H8N2O2/c4-3(7)5-1-2-6/h6H,1-2H2,(H3,4,5,7). The summed E-state index contributed by atoms with van der Waals surface area (Å²) in [7, 11) is 0. The number of nitrogens with one attached hydrogen (secondary N) is 1. The van der Waals surface area contributed by atoms with Crippen LogP contribution in [0.3, 0.4) is 0 Å². The maximum Gasteiger partial charge on any atom is 0.312 e. The Bertz CT molecular complexity index is 64.0. The van der Waals surface area contributed by atoms with Crippen LogP contribution in [-0.2, 0) is 0 Å². The van der Waals surface area contributed by atoms with Crippen LogP contribution in [0.2, 0.25) is 0 Å². The highest BCUT2D eigenvalue weighted by molar-refractivity contribution is 5.71. The summed E-state index contributed by atoms with van der Waals surface area (Å²) in [6, 6.07) is -0.603. The van der Waals surface area contributed by atoms with Crippen LogP contribution in [0.4, 0.5) is 4.79 Å². The molecule has 0 aromatic carbocycles. The lowest BCUT2D eigenvalue weighted by Gasteiger charge is -1.92. The van der Waals surface area contributed by atoms with Gasteiger partial charge in [0.15, 0.2) is 0 Å². The SMILES string of the molecule is NC(=O)NCCO. The van der Waals surface area contributed by atoms with E-state index in [1.807, 2.05) is 0 Å². The average molecular weight is 104 g/mol. The van der Waals surface area contributed by atoms with Gasteiger partial charge in [0.2, 0.25) is 0 Å². The maximum atomic E-state index is 9.76. The van der Waals surface area contributed by atoms with Crippen molar-refractivity contribution in [2.75, 3.05) is 13.2 Å². The molecule has 0 aromatic heterocycles. The Balaban J connectivity index is 2.82. The molecule has 0 aliphatic heterocycles. The Morgan fingerprint density at radius 2 is 2.43 bits per heavy atom. The molecule has 0 rings (SSSR count). The number of hydrogen-bond acceptors (Lipinski definition) is 2. The minimum Gasteiger partial charge on any atom is -0.395 e. The lowest BCUT2D eigenvalue weighted by molar-refractivity contribution is 0.242. The van der Waals surface area contributed by atoms with Crippen LogP contribution in [0.15, 0.2) is 0 Å². The van der Waals surface area contributed by atoms with Crippen LogP contribution in [0.5, 0.6) is 0 Å². The Kier molecular flexibility index (Phi) is 3.04. The van der Waals surface area contributed by atoms with Crippen molar-refractivity contribution in [1.29, 1.82) is 0 Å². The molecule has 0 bridgehead atoms. The average Bonchev–Trinajstić information content (AvgIpc) is 1.61. The molecule has 0 aliphatic rings. The number of primary amides is 1. The molecule has 0 saturated carbocycles. The Morgan fingerprint density at radius 3 is 2.57 bits per heavy atom. The number of aliphatic hydroxyl groups is 1. The number of urea groups is 1. The van der Waals surface area contributed by atoms with Crippen molar-refractivity contribution in [2.45, 2.75) is 0 Å². The summed E-state index contributed by atoms with van der Waals surface area (Å²) in [6.45, 7) is 0.165. The van der Waals surface area contributed by atoms with E-state index >= 15 is 0 Å². The normalized spacial score (nSPS) is 8.14. The largest absolute Gasteiger partial charge is 0.395 e. The van der Waals surface area contributed by atoms with Crippen LogP contribution in [0, 0.1) is 0 Å². The first-order valence-electron chi connectivity index (χ1n) is 1.91. The highest BCUT2D eigenvalue weighted by Crippen LogP contribution is 1.52. The van der Waals surface area contributed by atoms with Crippen LogP contribution in [0.1, 0.15) is 0 Å². The topological polar surface area (TPSA) is 75.4 Å². The van der Waals surface area contributed by atoms with E-state index < -0.39 is 6.03 Å². The van der Waals surface area contributed by atoms with Crippen molar-refractivity contribution < 1.29 is 9.90 Å². The maximum absolute atomic E-state index is 9.76. The molecule has 42 valence electrons. The van der Waals surface area contributed by atoms with Crippen molar-refractivity contribution in [1.82, 2.24) is 5.32 Å². The third kappa shape index (κ3) is 5.23. The molecule has 2 amide bonds. The molecule has 0 aromatic rings. The molecular formula is C3H8N2O2. The molecule has 0 spiro atoms. The third-order valence-electron chi connectivity index (χ3n) is 0.411. The van der Waals surface area contributed by atoms with Gasteiger partial charge in [-0.2, -0.15) is 0 Å². The van der Waals surface area contributed by atoms with Gasteiger partial charge in [-0.1, -0.05) is 0 Å². The highest BCUT2D eigenvalue weighted by Gasteiger charge is 1.84. The quantitative estimate of drug-likeness (QED) is 0.405. The second kappa shape index (κ2) is 3.42. The van der Waals surface area contributed by atoms with Gasteiger partial charge in [0, 0.05) is 6.54 Å². The predicted octanol–water partition coefficient (Wildman–Crippen LogP) is -1.35. The summed E-state index contributed by atoms with van der Waals surface area (Å²) in [5.41, 5.74) is 4.62. The molecule has 0 fully saturated rings. The van der Waals surface area contributed by atoms with Crippen molar-refractivity contribution >= 4 is 6.03 Å². The first-order valence-corrected chi connectivity index (χ1v) is 1.91. The smallest absolute Gasteiger partial charge is 0.312 e. The van der Waals surface area contributed by atoms with Crippen LogP contribution in [0.25, 0.3) is 0 Å². The van der Waals surface area contributed by atoms with E-state index in [0.29, 0.717) is 0 Å². The Labute approximate surface area is 41.3 Å². The molecule has 0 saturated heterocycles. The Hall–Kier alpha value is -0.770. The van der Waals surface area contributed by atoms with Crippen LogP contribution >= 0.6 is 0 Å². The summed E-state index contributed by atoms with van der Waals surface area (Å²) in [5.74, 6) is 0. The second-order valence-corrected chi connectivity index (χ2v) is 1.01. The van der Waals surface area contributed by atoms with E-state index in [9.17, 15) is 4.79 Å². The lowest BCUT2D eigenvalue weighted by Crippen LogP contribution is -2.31. The zero-order valence-electron chi connectivity index (χ0n) is 3.85. The predicted molar refractivity (Wildman–Crippen MR) is 24.7 cm³/mol. The molecule has 0 unspecified atom stereocenters. The summed E-state index contributed by atoms with van der Waals surface area (Å²) in [5, 5.41) is 10.2.